The van der Waals surface area contributed by atoms with E-state index < -0.39 is 8.69 Å². The maximum Gasteiger partial charge on any atom is 0.494 e. The van der Waals surface area contributed by atoms with Crippen molar-refractivity contribution in [3.8, 4) is 0 Å². The molecule has 0 aliphatic carbocycles. The zero-order chi connectivity index (χ0) is 11.5. The van der Waals surface area contributed by atoms with Gasteiger partial charge in [0.05, 0.1) is 0 Å². The summed E-state index contributed by atoms with van der Waals surface area (Å²) in [5.41, 5.74) is 0. The second-order valence-electron chi connectivity index (χ2n) is 4.19. The van der Waals surface area contributed by atoms with Crippen LogP contribution < -0.4 is 0 Å². The second-order valence-corrected chi connectivity index (χ2v) is 4.59. The van der Waals surface area contributed by atoms with Crippen LogP contribution in [-0.4, -0.2) is 6.10 Å². The third-order valence-electron chi connectivity index (χ3n) is 3.02. The van der Waals surface area contributed by atoms with E-state index in [1.54, 1.807) is 0 Å². The van der Waals surface area contributed by atoms with Crippen molar-refractivity contribution in [2.75, 3.05) is 0 Å². The van der Waals surface area contributed by atoms with E-state index in [9.17, 15) is 4.57 Å². The highest BCUT2D eigenvalue weighted by atomic mass is 31.1. The van der Waals surface area contributed by atoms with Crippen molar-refractivity contribution >= 4 is 8.69 Å². The molecular formula is C12H26O2P+. The predicted octanol–water partition coefficient (Wildman–Crippen LogP) is 4.72. The third kappa shape index (κ3) is 7.03. The van der Waals surface area contributed by atoms with Crippen LogP contribution >= 0.6 is 8.69 Å². The summed E-state index contributed by atoms with van der Waals surface area (Å²) in [6.45, 7) is 6.60. The summed E-state index contributed by atoms with van der Waals surface area (Å²) >= 11 is 0. The first-order valence-corrected chi connectivity index (χ1v) is 7.14. The van der Waals surface area contributed by atoms with Crippen LogP contribution in [0.25, 0.3) is 0 Å². The lowest BCUT2D eigenvalue weighted by Crippen LogP contribution is -2.20. The highest BCUT2D eigenvalue weighted by Crippen LogP contribution is 2.26. The topological polar surface area (TPSA) is 26.3 Å². The van der Waals surface area contributed by atoms with Crippen molar-refractivity contribution < 1.29 is 9.09 Å². The van der Waals surface area contributed by atoms with Crippen LogP contribution in [0.15, 0.2) is 0 Å². The molecule has 0 saturated heterocycles. The fourth-order valence-electron chi connectivity index (χ4n) is 1.98. The van der Waals surface area contributed by atoms with Crippen LogP contribution in [0.1, 0.15) is 65.7 Å². The van der Waals surface area contributed by atoms with Gasteiger partial charge in [-0.3, -0.25) is 0 Å². The van der Waals surface area contributed by atoms with Crippen molar-refractivity contribution in [2.24, 2.45) is 5.92 Å². The SMILES string of the molecule is CCCCC(CC)C(CCCC)O[PH+]=O. The summed E-state index contributed by atoms with van der Waals surface area (Å²) in [5, 5.41) is 0. The molecule has 0 saturated carbocycles. The van der Waals surface area contributed by atoms with Crippen molar-refractivity contribution in [3.05, 3.63) is 0 Å². The Morgan fingerprint density at radius 2 is 1.67 bits per heavy atom. The van der Waals surface area contributed by atoms with E-state index in [1.165, 1.54) is 32.1 Å². The van der Waals surface area contributed by atoms with Crippen LogP contribution in [0, 0.1) is 5.92 Å². The van der Waals surface area contributed by atoms with Crippen LogP contribution in [0.4, 0.5) is 0 Å². The van der Waals surface area contributed by atoms with Gasteiger partial charge in [-0.15, -0.1) is 4.52 Å². The highest BCUT2D eigenvalue weighted by Gasteiger charge is 2.23. The Bertz CT molecular complexity index is 151. The van der Waals surface area contributed by atoms with Crippen molar-refractivity contribution in [1.29, 1.82) is 0 Å². The molecule has 2 nitrogen and oxygen atoms in total. The van der Waals surface area contributed by atoms with Gasteiger partial charge in [-0.1, -0.05) is 52.9 Å². The van der Waals surface area contributed by atoms with E-state index in [2.05, 4.69) is 20.8 Å². The van der Waals surface area contributed by atoms with Crippen molar-refractivity contribution in [1.82, 2.24) is 0 Å². The maximum absolute atomic E-state index is 10.6. The summed E-state index contributed by atoms with van der Waals surface area (Å²) < 4.78 is 16.0. The lowest BCUT2D eigenvalue weighted by Gasteiger charge is -2.20. The molecule has 15 heavy (non-hydrogen) atoms. The van der Waals surface area contributed by atoms with Gasteiger partial charge in [0.2, 0.25) is 0 Å². The highest BCUT2D eigenvalue weighted by molar-refractivity contribution is 7.17. The summed E-state index contributed by atoms with van der Waals surface area (Å²) in [5.74, 6) is 0.595. The Morgan fingerprint density at radius 1 is 1.07 bits per heavy atom. The molecule has 0 aliphatic rings. The Labute approximate surface area is 96.1 Å². The van der Waals surface area contributed by atoms with Crippen molar-refractivity contribution in [2.45, 2.75) is 71.8 Å². The molecule has 0 spiro atoms. The molecule has 3 atom stereocenters. The smallest absolute Gasteiger partial charge is 0.144 e. The fourth-order valence-corrected chi connectivity index (χ4v) is 2.41. The normalized spacial score (nSPS) is 15.4. The zero-order valence-corrected chi connectivity index (χ0v) is 11.4. The largest absolute Gasteiger partial charge is 0.494 e. The van der Waals surface area contributed by atoms with Gasteiger partial charge < -0.3 is 0 Å². The minimum Gasteiger partial charge on any atom is -0.144 e. The molecular weight excluding hydrogens is 207 g/mol. The summed E-state index contributed by atoms with van der Waals surface area (Å²) in [4.78, 5) is 0. The van der Waals surface area contributed by atoms with Gasteiger partial charge in [-0.2, -0.15) is 0 Å². The molecule has 0 aliphatic heterocycles. The van der Waals surface area contributed by atoms with Crippen LogP contribution in [-0.2, 0) is 9.09 Å². The molecule has 0 radical (unpaired) electrons. The number of hydrogen-bond acceptors (Lipinski definition) is 2. The molecule has 0 heterocycles. The van der Waals surface area contributed by atoms with E-state index in [0.717, 1.165) is 12.8 Å². The average Bonchev–Trinajstić information content (AvgIpc) is 2.26. The first-order valence-electron chi connectivity index (χ1n) is 6.32. The molecule has 0 rings (SSSR count). The molecule has 0 aromatic carbocycles. The number of hydrogen-bond donors (Lipinski definition) is 0. The van der Waals surface area contributed by atoms with Crippen LogP contribution in [0.2, 0.25) is 0 Å². The lowest BCUT2D eigenvalue weighted by atomic mass is 9.90. The molecule has 90 valence electrons. The zero-order valence-electron chi connectivity index (χ0n) is 10.4. The van der Waals surface area contributed by atoms with Gasteiger partial charge in [0, 0.05) is 0 Å². The van der Waals surface area contributed by atoms with Gasteiger partial charge in [-0.05, 0) is 23.3 Å². The first-order chi connectivity index (χ1) is 7.29. The molecule has 0 amide bonds. The minimum absolute atomic E-state index is 0.220. The standard InChI is InChI=1S/C12H26O2P/c1-4-7-9-11(6-3)12(14-15-13)10-8-5-2/h11-12,15H,4-10H2,1-3H3/q+1. The van der Waals surface area contributed by atoms with Gasteiger partial charge in [0.1, 0.15) is 6.10 Å². The molecule has 0 aromatic heterocycles. The Kier molecular flexibility index (Phi) is 10.6. The predicted molar refractivity (Wildman–Crippen MR) is 66.7 cm³/mol. The molecule has 3 heteroatoms. The monoisotopic (exact) mass is 233 g/mol. The van der Waals surface area contributed by atoms with Gasteiger partial charge in [-0.25, -0.2) is 0 Å². The van der Waals surface area contributed by atoms with Gasteiger partial charge in [0.15, 0.2) is 0 Å². The van der Waals surface area contributed by atoms with E-state index in [0.29, 0.717) is 5.92 Å². The minimum atomic E-state index is -0.600. The molecule has 3 unspecified atom stereocenters. The van der Waals surface area contributed by atoms with Gasteiger partial charge >= 0.3 is 8.69 Å². The Hall–Kier alpha value is 0.0600. The maximum atomic E-state index is 10.6. The Balaban J connectivity index is 4.06. The fraction of sp³-hybridized carbons (Fsp3) is 1.00. The molecule has 0 bridgehead atoms. The summed E-state index contributed by atoms with van der Waals surface area (Å²) in [6.07, 6.45) is 8.49. The van der Waals surface area contributed by atoms with E-state index >= 15 is 0 Å². The first kappa shape index (κ1) is 15.1. The molecule has 0 aromatic rings. The van der Waals surface area contributed by atoms with Crippen LogP contribution in [0.5, 0.6) is 0 Å². The molecule has 0 N–H and O–H groups in total. The van der Waals surface area contributed by atoms with E-state index in [1.807, 2.05) is 0 Å². The van der Waals surface area contributed by atoms with E-state index in [4.69, 9.17) is 4.52 Å². The number of rotatable bonds is 10. The lowest BCUT2D eigenvalue weighted by molar-refractivity contribution is 0.126. The second kappa shape index (κ2) is 10.6. The average molecular weight is 233 g/mol. The summed E-state index contributed by atoms with van der Waals surface area (Å²) in [7, 11) is -0.600. The van der Waals surface area contributed by atoms with Crippen molar-refractivity contribution in [3.63, 3.8) is 0 Å². The quantitative estimate of drug-likeness (QED) is 0.510. The summed E-state index contributed by atoms with van der Waals surface area (Å²) in [6, 6.07) is 0. The van der Waals surface area contributed by atoms with Crippen LogP contribution in [0.3, 0.4) is 0 Å². The molecule has 0 fully saturated rings. The third-order valence-corrected chi connectivity index (χ3v) is 3.42. The Morgan fingerprint density at radius 3 is 2.13 bits per heavy atom. The van der Waals surface area contributed by atoms with Gasteiger partial charge in [0.25, 0.3) is 0 Å². The van der Waals surface area contributed by atoms with E-state index in [-0.39, 0.29) is 6.10 Å². The number of unbranched alkanes of at least 4 members (excludes halogenated alkanes) is 2.